The van der Waals surface area contributed by atoms with Crippen LogP contribution in [-0.4, -0.2) is 23.1 Å². The summed E-state index contributed by atoms with van der Waals surface area (Å²) in [5, 5.41) is 8.69. The normalized spacial score (nSPS) is 11.6. The molecule has 0 atom stereocenters. The number of unbranched alkanes of at least 4 members (excludes halogenated alkanes) is 7. The fourth-order valence-electron chi connectivity index (χ4n) is 3.61. The number of hydrogen-bond donors (Lipinski definition) is 1. The number of rotatable bonds is 20. The fourth-order valence-corrected chi connectivity index (χ4v) is 3.61. The standard InChI is InChI=1S/C25H48O4/c1-21(2)15-9-5-7-11-17-23(18-12-8-6-10-16-22(3)4)29-25(28)20-14-13-19-24(26)27/h21-23H,5-20H2,1-4H3,(H,26,27). The number of hydrogen-bond acceptors (Lipinski definition) is 3. The maximum Gasteiger partial charge on any atom is 0.306 e. The second-order valence-corrected chi connectivity index (χ2v) is 9.48. The molecule has 0 unspecified atom stereocenters. The largest absolute Gasteiger partial charge is 0.481 e. The Hall–Kier alpha value is -1.06. The van der Waals surface area contributed by atoms with E-state index in [0.717, 1.165) is 37.5 Å². The molecule has 4 heteroatoms. The van der Waals surface area contributed by atoms with Crippen LogP contribution in [0.1, 0.15) is 130 Å². The van der Waals surface area contributed by atoms with E-state index < -0.39 is 5.97 Å². The van der Waals surface area contributed by atoms with Gasteiger partial charge in [0.15, 0.2) is 0 Å². The molecular formula is C25H48O4. The zero-order chi connectivity index (χ0) is 21.9. The zero-order valence-corrected chi connectivity index (χ0v) is 19.7. The Morgan fingerprint density at radius 1 is 0.621 bits per heavy atom. The lowest BCUT2D eigenvalue weighted by Gasteiger charge is -2.18. The molecule has 0 aromatic carbocycles. The van der Waals surface area contributed by atoms with Crippen molar-refractivity contribution in [2.24, 2.45) is 11.8 Å². The van der Waals surface area contributed by atoms with Gasteiger partial charge in [-0.25, -0.2) is 0 Å². The van der Waals surface area contributed by atoms with Gasteiger partial charge in [-0.05, 0) is 50.4 Å². The van der Waals surface area contributed by atoms with E-state index in [-0.39, 0.29) is 18.5 Å². The minimum absolute atomic E-state index is 0.0390. The average molecular weight is 413 g/mol. The summed E-state index contributed by atoms with van der Waals surface area (Å²) in [6.45, 7) is 9.08. The Labute approximate surface area is 180 Å². The quantitative estimate of drug-likeness (QED) is 0.166. The van der Waals surface area contributed by atoms with Crippen LogP contribution in [0.25, 0.3) is 0 Å². The van der Waals surface area contributed by atoms with E-state index in [1.165, 1.54) is 51.4 Å². The fraction of sp³-hybridized carbons (Fsp3) is 0.920. The summed E-state index contributed by atoms with van der Waals surface area (Å²) in [5.41, 5.74) is 0. The second kappa shape index (κ2) is 18.9. The van der Waals surface area contributed by atoms with Crippen LogP contribution in [0.15, 0.2) is 0 Å². The maximum absolute atomic E-state index is 12.1. The van der Waals surface area contributed by atoms with Crippen molar-refractivity contribution in [1.29, 1.82) is 0 Å². The van der Waals surface area contributed by atoms with E-state index >= 15 is 0 Å². The van der Waals surface area contributed by atoms with Crippen LogP contribution < -0.4 is 0 Å². The van der Waals surface area contributed by atoms with Crippen LogP contribution >= 0.6 is 0 Å². The van der Waals surface area contributed by atoms with Crippen molar-refractivity contribution in [3.63, 3.8) is 0 Å². The Morgan fingerprint density at radius 2 is 1.03 bits per heavy atom. The van der Waals surface area contributed by atoms with Crippen molar-refractivity contribution < 1.29 is 19.4 Å². The Morgan fingerprint density at radius 3 is 1.45 bits per heavy atom. The lowest BCUT2D eigenvalue weighted by atomic mass is 10.00. The van der Waals surface area contributed by atoms with Crippen LogP contribution in [-0.2, 0) is 14.3 Å². The monoisotopic (exact) mass is 412 g/mol. The van der Waals surface area contributed by atoms with E-state index in [1.54, 1.807) is 0 Å². The molecule has 0 bridgehead atoms. The molecule has 0 fully saturated rings. The molecule has 0 aliphatic rings. The van der Waals surface area contributed by atoms with Gasteiger partial charge in [-0.1, -0.05) is 79.1 Å². The molecule has 0 saturated heterocycles. The van der Waals surface area contributed by atoms with Gasteiger partial charge in [0.25, 0.3) is 0 Å². The Balaban J connectivity index is 4.11. The van der Waals surface area contributed by atoms with E-state index in [4.69, 9.17) is 9.84 Å². The molecule has 0 aromatic rings. The molecule has 0 radical (unpaired) electrons. The van der Waals surface area contributed by atoms with Crippen molar-refractivity contribution in [3.8, 4) is 0 Å². The van der Waals surface area contributed by atoms with Gasteiger partial charge in [0.2, 0.25) is 0 Å². The summed E-state index contributed by atoms with van der Waals surface area (Å²) in [4.78, 5) is 22.7. The van der Waals surface area contributed by atoms with Crippen LogP contribution in [0.3, 0.4) is 0 Å². The van der Waals surface area contributed by atoms with E-state index in [9.17, 15) is 9.59 Å². The SMILES string of the molecule is CC(C)CCCCCCC(CCCCCCC(C)C)OC(=O)CCCCC(=O)O. The molecule has 0 saturated carbocycles. The van der Waals surface area contributed by atoms with Gasteiger partial charge in [-0.2, -0.15) is 0 Å². The first-order valence-corrected chi connectivity index (χ1v) is 12.2. The van der Waals surface area contributed by atoms with Crippen molar-refractivity contribution in [3.05, 3.63) is 0 Å². The molecule has 0 rings (SSSR count). The number of carboxylic acid groups (broad SMARTS) is 1. The molecule has 0 aromatic heterocycles. The highest BCUT2D eigenvalue weighted by molar-refractivity contribution is 5.70. The molecule has 172 valence electrons. The lowest BCUT2D eigenvalue weighted by Crippen LogP contribution is -2.18. The van der Waals surface area contributed by atoms with Crippen LogP contribution in [0.2, 0.25) is 0 Å². The molecule has 4 nitrogen and oxygen atoms in total. The van der Waals surface area contributed by atoms with Gasteiger partial charge in [0, 0.05) is 12.8 Å². The minimum atomic E-state index is -0.800. The first-order chi connectivity index (χ1) is 13.8. The van der Waals surface area contributed by atoms with Crippen LogP contribution in [0.5, 0.6) is 0 Å². The van der Waals surface area contributed by atoms with E-state index in [1.807, 2.05) is 0 Å². The van der Waals surface area contributed by atoms with Crippen LogP contribution in [0.4, 0.5) is 0 Å². The number of ether oxygens (including phenoxy) is 1. The number of carbonyl (C=O) groups is 2. The lowest BCUT2D eigenvalue weighted by molar-refractivity contribution is -0.150. The molecule has 0 aliphatic heterocycles. The van der Waals surface area contributed by atoms with Gasteiger partial charge in [0.1, 0.15) is 6.10 Å². The maximum atomic E-state index is 12.1. The van der Waals surface area contributed by atoms with Gasteiger partial charge in [-0.3, -0.25) is 9.59 Å². The third kappa shape index (κ3) is 21.5. The van der Waals surface area contributed by atoms with Crippen molar-refractivity contribution in [2.45, 2.75) is 137 Å². The topological polar surface area (TPSA) is 63.6 Å². The van der Waals surface area contributed by atoms with Gasteiger partial charge < -0.3 is 9.84 Å². The molecule has 0 heterocycles. The van der Waals surface area contributed by atoms with Crippen molar-refractivity contribution in [1.82, 2.24) is 0 Å². The van der Waals surface area contributed by atoms with E-state index in [0.29, 0.717) is 19.3 Å². The molecule has 1 N–H and O–H groups in total. The average Bonchev–Trinajstić information content (AvgIpc) is 2.63. The van der Waals surface area contributed by atoms with E-state index in [2.05, 4.69) is 27.7 Å². The molecule has 0 amide bonds. The molecule has 29 heavy (non-hydrogen) atoms. The predicted octanol–water partition coefficient (Wildman–Crippen LogP) is 7.54. The first-order valence-electron chi connectivity index (χ1n) is 12.2. The number of aliphatic carboxylic acids is 1. The van der Waals surface area contributed by atoms with Gasteiger partial charge >= 0.3 is 11.9 Å². The highest BCUT2D eigenvalue weighted by atomic mass is 16.5. The van der Waals surface area contributed by atoms with Crippen molar-refractivity contribution in [2.75, 3.05) is 0 Å². The molecule has 0 spiro atoms. The summed E-state index contributed by atoms with van der Waals surface area (Å²) in [6, 6.07) is 0. The summed E-state index contributed by atoms with van der Waals surface area (Å²) in [7, 11) is 0. The van der Waals surface area contributed by atoms with Gasteiger partial charge in [0.05, 0.1) is 0 Å². The zero-order valence-electron chi connectivity index (χ0n) is 19.7. The molecule has 0 aliphatic carbocycles. The Kier molecular flexibility index (Phi) is 18.2. The summed E-state index contributed by atoms with van der Waals surface area (Å²) < 4.78 is 5.76. The third-order valence-corrected chi connectivity index (χ3v) is 5.43. The van der Waals surface area contributed by atoms with Crippen LogP contribution in [0, 0.1) is 11.8 Å². The summed E-state index contributed by atoms with van der Waals surface area (Å²) >= 11 is 0. The first kappa shape index (κ1) is 27.9. The summed E-state index contributed by atoms with van der Waals surface area (Å²) in [5.74, 6) is 0.604. The minimum Gasteiger partial charge on any atom is -0.481 e. The van der Waals surface area contributed by atoms with Crippen molar-refractivity contribution >= 4 is 11.9 Å². The molecular weight excluding hydrogens is 364 g/mol. The Bertz CT molecular complexity index is 384. The number of esters is 1. The summed E-state index contributed by atoms with van der Waals surface area (Å²) in [6.07, 6.45) is 16.0. The highest BCUT2D eigenvalue weighted by Gasteiger charge is 2.14. The second-order valence-electron chi connectivity index (χ2n) is 9.48. The number of carboxylic acids is 1. The third-order valence-electron chi connectivity index (χ3n) is 5.43. The van der Waals surface area contributed by atoms with Gasteiger partial charge in [-0.15, -0.1) is 0 Å². The smallest absolute Gasteiger partial charge is 0.306 e. The highest BCUT2D eigenvalue weighted by Crippen LogP contribution is 2.18. The number of carbonyl (C=O) groups excluding carboxylic acids is 1. The predicted molar refractivity (Wildman–Crippen MR) is 121 cm³/mol.